The van der Waals surface area contributed by atoms with Gasteiger partial charge in [0.1, 0.15) is 5.82 Å². The van der Waals surface area contributed by atoms with Gasteiger partial charge >= 0.3 is 0 Å². The lowest BCUT2D eigenvalue weighted by Gasteiger charge is -2.15. The quantitative estimate of drug-likeness (QED) is 0.883. The Morgan fingerprint density at radius 1 is 1.37 bits per heavy atom. The van der Waals surface area contributed by atoms with E-state index in [1.165, 1.54) is 12.1 Å². The van der Waals surface area contributed by atoms with Gasteiger partial charge in [0.15, 0.2) is 0 Å². The van der Waals surface area contributed by atoms with Crippen LogP contribution in [0.3, 0.4) is 0 Å². The number of benzene rings is 1. The summed E-state index contributed by atoms with van der Waals surface area (Å²) in [5.74, 6) is -0.620. The van der Waals surface area contributed by atoms with Crippen molar-refractivity contribution in [1.29, 1.82) is 0 Å². The molecule has 106 valence electrons. The first-order valence-corrected chi connectivity index (χ1v) is 7.82. The van der Waals surface area contributed by atoms with Crippen LogP contribution in [0.1, 0.15) is 24.8 Å². The Labute approximate surface area is 112 Å². The average Bonchev–Trinajstić information content (AvgIpc) is 2.71. The van der Waals surface area contributed by atoms with Crippen molar-refractivity contribution in [3.63, 3.8) is 0 Å². The second-order valence-electron chi connectivity index (χ2n) is 5.07. The van der Waals surface area contributed by atoms with Crippen LogP contribution in [0.25, 0.3) is 0 Å². The van der Waals surface area contributed by atoms with Gasteiger partial charge in [-0.1, -0.05) is 6.42 Å². The van der Waals surface area contributed by atoms with Crippen molar-refractivity contribution < 1.29 is 17.9 Å². The number of rotatable bonds is 4. The van der Waals surface area contributed by atoms with Crippen LogP contribution in [0, 0.1) is 18.7 Å². The van der Waals surface area contributed by atoms with Crippen LogP contribution in [-0.4, -0.2) is 26.2 Å². The number of aliphatic hydroxyl groups excluding tert-OH is 1. The van der Waals surface area contributed by atoms with Crippen molar-refractivity contribution in [2.24, 2.45) is 5.92 Å². The summed E-state index contributed by atoms with van der Waals surface area (Å²) >= 11 is 0. The van der Waals surface area contributed by atoms with E-state index >= 15 is 0 Å². The van der Waals surface area contributed by atoms with Crippen LogP contribution in [-0.2, 0) is 10.0 Å². The minimum atomic E-state index is -3.72. The molecule has 1 fully saturated rings. The van der Waals surface area contributed by atoms with Gasteiger partial charge in [-0.05, 0) is 49.4 Å². The Morgan fingerprint density at radius 3 is 2.68 bits per heavy atom. The van der Waals surface area contributed by atoms with E-state index in [1.807, 2.05) is 0 Å². The molecule has 19 heavy (non-hydrogen) atoms. The normalized spacial score (nSPS) is 23.7. The highest BCUT2D eigenvalue weighted by Crippen LogP contribution is 2.25. The smallest absolute Gasteiger partial charge is 0.240 e. The van der Waals surface area contributed by atoms with Crippen molar-refractivity contribution in [3.05, 3.63) is 29.6 Å². The van der Waals surface area contributed by atoms with E-state index in [0.29, 0.717) is 12.0 Å². The van der Waals surface area contributed by atoms with E-state index in [0.717, 1.165) is 18.9 Å². The van der Waals surface area contributed by atoms with Crippen LogP contribution in [0.4, 0.5) is 4.39 Å². The summed E-state index contributed by atoms with van der Waals surface area (Å²) < 4.78 is 39.8. The summed E-state index contributed by atoms with van der Waals surface area (Å²) in [5.41, 5.74) is 0.557. The number of halogens is 1. The molecule has 2 rings (SSSR count). The third-order valence-corrected chi connectivity index (χ3v) is 4.88. The number of sulfonamides is 1. The molecule has 2 atom stereocenters. The summed E-state index contributed by atoms with van der Waals surface area (Å²) in [6, 6.07) is 3.71. The number of aliphatic hydroxyl groups is 1. The molecule has 0 aromatic heterocycles. The molecule has 4 nitrogen and oxygen atoms in total. The fraction of sp³-hybridized carbons (Fsp3) is 0.538. The Morgan fingerprint density at radius 2 is 2.11 bits per heavy atom. The second kappa shape index (κ2) is 5.56. The van der Waals surface area contributed by atoms with Crippen molar-refractivity contribution in [3.8, 4) is 0 Å². The first kappa shape index (κ1) is 14.4. The molecule has 6 heteroatoms. The third kappa shape index (κ3) is 3.52. The molecule has 0 bridgehead atoms. The summed E-state index contributed by atoms with van der Waals surface area (Å²) in [6.07, 6.45) is 1.99. The molecule has 0 saturated heterocycles. The lowest BCUT2D eigenvalue weighted by molar-refractivity contribution is 0.134. The van der Waals surface area contributed by atoms with Gasteiger partial charge in [-0.3, -0.25) is 0 Å². The van der Waals surface area contributed by atoms with Crippen molar-refractivity contribution in [1.82, 2.24) is 4.72 Å². The molecular weight excluding hydrogens is 269 g/mol. The number of nitrogens with one attached hydrogen (secondary N) is 1. The lowest BCUT2D eigenvalue weighted by atomic mass is 10.1. The van der Waals surface area contributed by atoms with Gasteiger partial charge in [-0.15, -0.1) is 0 Å². The van der Waals surface area contributed by atoms with Gasteiger partial charge in [0.2, 0.25) is 10.0 Å². The maximum absolute atomic E-state index is 13.2. The van der Waals surface area contributed by atoms with Crippen molar-refractivity contribution in [2.45, 2.75) is 37.2 Å². The topological polar surface area (TPSA) is 66.4 Å². The van der Waals surface area contributed by atoms with E-state index in [2.05, 4.69) is 4.72 Å². The standard InChI is InChI=1S/C13H18FNO3S/c1-9-5-11(14)7-12(6-9)19(17,18)15-8-10-3-2-4-13(10)16/h5-7,10,13,15-16H,2-4,8H2,1H3/t10-,13-/m0/s1. The maximum atomic E-state index is 13.2. The monoisotopic (exact) mass is 287 g/mol. The largest absolute Gasteiger partial charge is 0.393 e. The summed E-state index contributed by atoms with van der Waals surface area (Å²) in [7, 11) is -3.72. The molecule has 1 aliphatic carbocycles. The molecule has 1 aliphatic rings. The van der Waals surface area contributed by atoms with E-state index in [1.54, 1.807) is 6.92 Å². The Balaban J connectivity index is 2.09. The molecule has 0 spiro atoms. The molecule has 1 saturated carbocycles. The zero-order chi connectivity index (χ0) is 14.0. The van der Waals surface area contributed by atoms with Crippen LogP contribution in [0.15, 0.2) is 23.1 Å². The van der Waals surface area contributed by atoms with Crippen molar-refractivity contribution in [2.75, 3.05) is 6.54 Å². The van der Waals surface area contributed by atoms with Crippen LogP contribution < -0.4 is 4.72 Å². The van der Waals surface area contributed by atoms with Gasteiger partial charge in [-0.25, -0.2) is 17.5 Å². The fourth-order valence-electron chi connectivity index (χ4n) is 2.41. The molecular formula is C13H18FNO3S. The second-order valence-corrected chi connectivity index (χ2v) is 6.84. The van der Waals surface area contributed by atoms with Gasteiger partial charge < -0.3 is 5.11 Å². The first-order valence-electron chi connectivity index (χ1n) is 6.33. The van der Waals surface area contributed by atoms with E-state index < -0.39 is 21.9 Å². The molecule has 0 radical (unpaired) electrons. The fourth-order valence-corrected chi connectivity index (χ4v) is 3.62. The molecule has 0 amide bonds. The number of hydrogen-bond donors (Lipinski definition) is 2. The van der Waals surface area contributed by atoms with Gasteiger partial charge in [0, 0.05) is 6.54 Å². The Hall–Kier alpha value is -0.980. The van der Waals surface area contributed by atoms with Crippen LogP contribution in [0.2, 0.25) is 0 Å². The minimum Gasteiger partial charge on any atom is -0.393 e. The zero-order valence-corrected chi connectivity index (χ0v) is 11.6. The Bertz CT molecular complexity index is 539. The minimum absolute atomic E-state index is 0.0515. The maximum Gasteiger partial charge on any atom is 0.240 e. The van der Waals surface area contributed by atoms with Gasteiger partial charge in [0.25, 0.3) is 0 Å². The highest BCUT2D eigenvalue weighted by atomic mass is 32.2. The summed E-state index contributed by atoms with van der Waals surface area (Å²) in [6.45, 7) is 1.84. The van der Waals surface area contributed by atoms with Gasteiger partial charge in [0.05, 0.1) is 11.0 Å². The van der Waals surface area contributed by atoms with E-state index in [-0.39, 0.29) is 17.4 Å². The van der Waals surface area contributed by atoms with Crippen molar-refractivity contribution >= 4 is 10.0 Å². The highest BCUT2D eigenvalue weighted by Gasteiger charge is 2.27. The molecule has 2 N–H and O–H groups in total. The average molecular weight is 287 g/mol. The summed E-state index contributed by atoms with van der Waals surface area (Å²) in [5, 5.41) is 9.65. The molecule has 0 heterocycles. The first-order chi connectivity index (χ1) is 8.88. The molecule has 0 aliphatic heterocycles. The van der Waals surface area contributed by atoms with Crippen LogP contribution >= 0.6 is 0 Å². The Kier molecular flexibility index (Phi) is 4.23. The number of hydrogen-bond acceptors (Lipinski definition) is 3. The highest BCUT2D eigenvalue weighted by molar-refractivity contribution is 7.89. The van der Waals surface area contributed by atoms with E-state index in [9.17, 15) is 17.9 Å². The van der Waals surface area contributed by atoms with Gasteiger partial charge in [-0.2, -0.15) is 0 Å². The SMILES string of the molecule is Cc1cc(F)cc(S(=O)(=O)NC[C@@H]2CCC[C@@H]2O)c1. The number of aryl methyl sites for hydroxylation is 1. The lowest BCUT2D eigenvalue weighted by Crippen LogP contribution is -2.32. The molecule has 0 unspecified atom stereocenters. The molecule has 1 aromatic rings. The van der Waals surface area contributed by atoms with E-state index in [4.69, 9.17) is 0 Å². The summed E-state index contributed by atoms with van der Waals surface area (Å²) in [4.78, 5) is -0.0718. The predicted octanol–water partition coefficient (Wildman–Crippen LogP) is 1.57. The predicted molar refractivity (Wildman–Crippen MR) is 69.7 cm³/mol. The molecule has 1 aromatic carbocycles. The third-order valence-electron chi connectivity index (χ3n) is 3.48. The van der Waals surface area contributed by atoms with Crippen LogP contribution in [0.5, 0.6) is 0 Å². The zero-order valence-electron chi connectivity index (χ0n) is 10.8.